The molecule has 30 heavy (non-hydrogen) atoms. The number of rotatable bonds is 4. The van der Waals surface area contributed by atoms with Crippen molar-refractivity contribution in [3.05, 3.63) is 11.8 Å². The standard InChI is InChI=1S/C20H33N5O5/c1-5-24-15(7-6-12-25(28)19(24)27)17-23-22-16(29-17)13-8-10-14(11-9-13)21-18(26)30-20(2,3)4/h13-15,28H,5-12H2,1-4H3,(H,21,26)/t13-,14-,15-/m0/s1. The molecular formula is C20H33N5O5. The van der Waals surface area contributed by atoms with Gasteiger partial charge in [-0.25, -0.2) is 14.7 Å². The summed E-state index contributed by atoms with van der Waals surface area (Å²) in [7, 11) is 0. The summed E-state index contributed by atoms with van der Waals surface area (Å²) in [5.41, 5.74) is -0.514. The zero-order valence-corrected chi connectivity index (χ0v) is 18.3. The van der Waals surface area contributed by atoms with Crippen molar-refractivity contribution < 1.29 is 24.0 Å². The normalized spacial score (nSPS) is 25.8. The van der Waals surface area contributed by atoms with Gasteiger partial charge in [-0.2, -0.15) is 0 Å². The van der Waals surface area contributed by atoms with E-state index in [1.165, 1.54) is 0 Å². The third-order valence-electron chi connectivity index (χ3n) is 5.57. The number of ether oxygens (including phenoxy) is 1. The van der Waals surface area contributed by atoms with E-state index in [2.05, 4.69) is 15.5 Å². The van der Waals surface area contributed by atoms with E-state index in [1.54, 1.807) is 4.90 Å². The van der Waals surface area contributed by atoms with Crippen LogP contribution in [0.1, 0.15) is 90.0 Å². The van der Waals surface area contributed by atoms with Gasteiger partial charge in [-0.3, -0.25) is 5.21 Å². The number of alkyl carbamates (subject to hydrolysis) is 1. The average Bonchev–Trinajstić information content (AvgIpc) is 3.10. The van der Waals surface area contributed by atoms with E-state index >= 15 is 0 Å². The number of hydrogen-bond donors (Lipinski definition) is 2. The molecule has 1 saturated heterocycles. The highest BCUT2D eigenvalue weighted by Gasteiger charge is 2.35. The van der Waals surface area contributed by atoms with Crippen LogP contribution in [0, 0.1) is 0 Å². The van der Waals surface area contributed by atoms with Gasteiger partial charge in [-0.15, -0.1) is 10.2 Å². The Bertz CT molecular complexity index is 738. The van der Waals surface area contributed by atoms with Gasteiger partial charge in [0.25, 0.3) is 0 Å². The first-order valence-electron chi connectivity index (χ1n) is 10.8. The third kappa shape index (κ3) is 5.41. The Balaban J connectivity index is 1.58. The number of amides is 3. The minimum atomic E-state index is -0.514. The lowest BCUT2D eigenvalue weighted by Gasteiger charge is -2.29. The van der Waals surface area contributed by atoms with Gasteiger partial charge >= 0.3 is 12.1 Å². The minimum Gasteiger partial charge on any atom is -0.444 e. The van der Waals surface area contributed by atoms with Crippen molar-refractivity contribution >= 4 is 12.1 Å². The molecule has 0 radical (unpaired) electrons. The van der Waals surface area contributed by atoms with E-state index in [4.69, 9.17) is 9.15 Å². The number of nitrogens with zero attached hydrogens (tertiary/aromatic N) is 4. The molecule has 1 aromatic rings. The van der Waals surface area contributed by atoms with Crippen molar-refractivity contribution in [1.82, 2.24) is 25.5 Å². The Hall–Kier alpha value is -2.36. The Morgan fingerprint density at radius 2 is 1.87 bits per heavy atom. The van der Waals surface area contributed by atoms with Gasteiger partial charge < -0.3 is 19.4 Å². The van der Waals surface area contributed by atoms with Crippen LogP contribution in [0.5, 0.6) is 0 Å². The van der Waals surface area contributed by atoms with Crippen LogP contribution < -0.4 is 5.32 Å². The van der Waals surface area contributed by atoms with Crippen LogP contribution >= 0.6 is 0 Å². The SMILES string of the molecule is CCN1C(=O)N(O)CCC[C@H]1c1nnc([C@H]2CC[C@H](NC(=O)OC(C)(C)C)CC2)o1. The van der Waals surface area contributed by atoms with Crippen LogP contribution in [-0.2, 0) is 4.74 Å². The summed E-state index contributed by atoms with van der Waals surface area (Å²) in [6, 6.07) is -0.691. The number of urea groups is 1. The maximum atomic E-state index is 12.3. The quantitative estimate of drug-likeness (QED) is 0.710. The lowest BCUT2D eigenvalue weighted by Crippen LogP contribution is -2.41. The van der Waals surface area contributed by atoms with E-state index in [-0.39, 0.29) is 24.1 Å². The third-order valence-corrected chi connectivity index (χ3v) is 5.57. The highest BCUT2D eigenvalue weighted by Crippen LogP contribution is 2.35. The van der Waals surface area contributed by atoms with Gasteiger partial charge in [0.05, 0.1) is 6.54 Å². The monoisotopic (exact) mass is 423 g/mol. The van der Waals surface area contributed by atoms with Gasteiger partial charge in [0.15, 0.2) is 0 Å². The van der Waals surface area contributed by atoms with E-state index in [9.17, 15) is 14.8 Å². The second-order valence-electron chi connectivity index (χ2n) is 9.02. The average molecular weight is 424 g/mol. The number of aromatic nitrogens is 2. The topological polar surface area (TPSA) is 121 Å². The fourth-order valence-electron chi connectivity index (χ4n) is 4.08. The molecule has 10 heteroatoms. The molecule has 3 rings (SSSR count). The molecule has 1 aliphatic heterocycles. The van der Waals surface area contributed by atoms with Crippen molar-refractivity contribution in [3.63, 3.8) is 0 Å². The fraction of sp³-hybridized carbons (Fsp3) is 0.800. The van der Waals surface area contributed by atoms with Crippen LogP contribution in [0.3, 0.4) is 0 Å². The molecule has 1 aliphatic carbocycles. The van der Waals surface area contributed by atoms with Crippen molar-refractivity contribution in [2.75, 3.05) is 13.1 Å². The second kappa shape index (κ2) is 9.20. The Labute approximate surface area is 176 Å². The Morgan fingerprint density at radius 3 is 2.50 bits per heavy atom. The van der Waals surface area contributed by atoms with Gasteiger partial charge in [-0.1, -0.05) is 0 Å². The zero-order valence-electron chi connectivity index (χ0n) is 18.3. The van der Waals surface area contributed by atoms with Gasteiger partial charge in [0, 0.05) is 18.5 Å². The number of hydroxylamine groups is 2. The molecule has 2 heterocycles. The number of carbonyl (C=O) groups excluding carboxylic acids is 2. The fourth-order valence-corrected chi connectivity index (χ4v) is 4.08. The highest BCUT2D eigenvalue weighted by atomic mass is 16.6. The molecule has 3 amide bonds. The molecule has 0 unspecified atom stereocenters. The second-order valence-corrected chi connectivity index (χ2v) is 9.02. The van der Waals surface area contributed by atoms with E-state index in [0.717, 1.165) is 30.7 Å². The smallest absolute Gasteiger partial charge is 0.407 e. The van der Waals surface area contributed by atoms with Gasteiger partial charge in [-0.05, 0) is 66.2 Å². The molecule has 2 N–H and O–H groups in total. The summed E-state index contributed by atoms with van der Waals surface area (Å²) in [6.07, 6.45) is 4.20. The van der Waals surface area contributed by atoms with E-state index in [1.807, 2.05) is 27.7 Å². The predicted molar refractivity (Wildman–Crippen MR) is 107 cm³/mol. The molecule has 1 saturated carbocycles. The summed E-state index contributed by atoms with van der Waals surface area (Å²) in [5, 5.41) is 22.0. The van der Waals surface area contributed by atoms with Crippen molar-refractivity contribution in [1.29, 1.82) is 0 Å². The summed E-state index contributed by atoms with van der Waals surface area (Å²) in [6.45, 7) is 8.13. The lowest BCUT2D eigenvalue weighted by molar-refractivity contribution is -0.0527. The van der Waals surface area contributed by atoms with Gasteiger partial charge in [0.1, 0.15) is 11.6 Å². The predicted octanol–water partition coefficient (Wildman–Crippen LogP) is 3.59. The molecule has 10 nitrogen and oxygen atoms in total. The minimum absolute atomic E-state index is 0.0732. The highest BCUT2D eigenvalue weighted by molar-refractivity contribution is 5.73. The summed E-state index contributed by atoms with van der Waals surface area (Å²) in [5.74, 6) is 1.13. The molecular weight excluding hydrogens is 390 g/mol. The number of nitrogens with one attached hydrogen (secondary N) is 1. The van der Waals surface area contributed by atoms with Crippen LogP contribution in [0.2, 0.25) is 0 Å². The number of hydrogen-bond acceptors (Lipinski definition) is 7. The largest absolute Gasteiger partial charge is 0.444 e. The molecule has 0 bridgehead atoms. The molecule has 1 atom stereocenters. The first kappa shape index (κ1) is 22.3. The Morgan fingerprint density at radius 1 is 1.20 bits per heavy atom. The van der Waals surface area contributed by atoms with Crippen LogP contribution in [-0.4, -0.2) is 62.2 Å². The summed E-state index contributed by atoms with van der Waals surface area (Å²) >= 11 is 0. The van der Waals surface area contributed by atoms with Crippen LogP contribution in [0.15, 0.2) is 4.42 Å². The molecule has 2 fully saturated rings. The molecule has 168 valence electrons. The summed E-state index contributed by atoms with van der Waals surface area (Å²) in [4.78, 5) is 25.9. The Kier molecular flexibility index (Phi) is 6.84. The molecule has 0 spiro atoms. The molecule has 0 aromatic carbocycles. The molecule has 1 aromatic heterocycles. The van der Waals surface area contributed by atoms with Crippen molar-refractivity contribution in [2.24, 2.45) is 0 Å². The van der Waals surface area contributed by atoms with E-state index < -0.39 is 11.6 Å². The lowest BCUT2D eigenvalue weighted by atomic mass is 9.86. The van der Waals surface area contributed by atoms with Crippen molar-refractivity contribution in [3.8, 4) is 0 Å². The number of carbonyl (C=O) groups is 2. The maximum absolute atomic E-state index is 12.3. The van der Waals surface area contributed by atoms with Crippen molar-refractivity contribution in [2.45, 2.75) is 89.8 Å². The van der Waals surface area contributed by atoms with Crippen LogP contribution in [0.4, 0.5) is 9.59 Å². The van der Waals surface area contributed by atoms with Gasteiger partial charge in [0.2, 0.25) is 11.8 Å². The summed E-state index contributed by atoms with van der Waals surface area (Å²) < 4.78 is 11.3. The first-order chi connectivity index (χ1) is 14.2. The molecule has 2 aliphatic rings. The maximum Gasteiger partial charge on any atom is 0.407 e. The first-order valence-corrected chi connectivity index (χ1v) is 10.8. The van der Waals surface area contributed by atoms with Crippen LogP contribution in [0.25, 0.3) is 0 Å². The van der Waals surface area contributed by atoms with E-state index in [0.29, 0.717) is 37.7 Å². The zero-order chi connectivity index (χ0) is 21.9.